The van der Waals surface area contributed by atoms with Crippen LogP contribution in [0.1, 0.15) is 51.5 Å². The molecule has 0 unspecified atom stereocenters. The molecule has 5 rings (SSSR count). The van der Waals surface area contributed by atoms with Crippen LogP contribution in [0.3, 0.4) is 0 Å². The number of nitrogens with one attached hydrogen (secondary N) is 3. The van der Waals surface area contributed by atoms with E-state index >= 15 is 0 Å². The maximum absolute atomic E-state index is 13.5. The quantitative estimate of drug-likeness (QED) is 0.290. The van der Waals surface area contributed by atoms with Crippen molar-refractivity contribution in [1.29, 1.82) is 0 Å². The summed E-state index contributed by atoms with van der Waals surface area (Å²) in [4.78, 5) is 48.3. The number of likely N-dealkylation sites (tertiary alicyclic amines) is 1. The monoisotopic (exact) mass is 622 g/mol. The molecule has 1 aliphatic heterocycles. The summed E-state index contributed by atoms with van der Waals surface area (Å²) >= 11 is 1.30. The number of ether oxygens (including phenoxy) is 1. The Hall–Kier alpha value is -3.91. The molecule has 3 heterocycles. The van der Waals surface area contributed by atoms with Gasteiger partial charge in [0.1, 0.15) is 9.88 Å². The highest BCUT2D eigenvalue weighted by Gasteiger charge is 2.31. The standard InChI is InChI=1S/C29H33B3N8O4S/c1-15-24(28(43)40-12-10-17(11-13-40)39(2)3)45-27(33-15)18-6-5-7-19(23(18)44-4)34-20-14-21(35-25(41)16-8-9-16)37-38-22(20)26(42)36-29(30,31)32/h5-7,14,16-17H,8-13H2,1-4H3,(H,36,42)(H2,34,35,37,41). The third-order valence-corrected chi connectivity index (χ3v) is 8.91. The Morgan fingerprint density at radius 2 is 1.78 bits per heavy atom. The summed E-state index contributed by atoms with van der Waals surface area (Å²) in [5, 5.41) is 14.8. The van der Waals surface area contributed by atoms with Crippen LogP contribution >= 0.6 is 11.3 Å². The van der Waals surface area contributed by atoms with Crippen LogP contribution in [0.2, 0.25) is 0 Å². The number of para-hydroxylation sites is 1. The smallest absolute Gasteiger partial charge is 0.272 e. The normalized spacial score (nSPS) is 15.5. The number of rotatable bonds is 10. The molecule has 1 aliphatic carbocycles. The van der Waals surface area contributed by atoms with Crippen molar-refractivity contribution in [3.63, 3.8) is 0 Å². The van der Waals surface area contributed by atoms with Gasteiger partial charge in [-0.25, -0.2) is 4.98 Å². The first kappa shape index (κ1) is 32.5. The van der Waals surface area contributed by atoms with Gasteiger partial charge in [0.15, 0.2) is 17.3 Å². The number of amides is 3. The van der Waals surface area contributed by atoms with E-state index in [1.807, 2.05) is 17.9 Å². The Kier molecular flexibility index (Phi) is 9.54. The summed E-state index contributed by atoms with van der Waals surface area (Å²) in [5.41, 5.74) is 1.75. The molecule has 0 bridgehead atoms. The van der Waals surface area contributed by atoms with E-state index in [0.29, 0.717) is 51.7 Å². The Morgan fingerprint density at radius 3 is 2.40 bits per heavy atom. The topological polar surface area (TPSA) is 142 Å². The van der Waals surface area contributed by atoms with Crippen molar-refractivity contribution in [3.05, 3.63) is 40.5 Å². The summed E-state index contributed by atoms with van der Waals surface area (Å²) in [6.07, 6.45) is 3.45. The molecule has 3 aromatic rings. The molecule has 0 atom stereocenters. The predicted octanol–water partition coefficient (Wildman–Crippen LogP) is 2.02. The fourth-order valence-electron chi connectivity index (χ4n) is 5.15. The van der Waals surface area contributed by atoms with E-state index in [0.717, 1.165) is 25.7 Å². The molecule has 1 saturated heterocycles. The van der Waals surface area contributed by atoms with E-state index < -0.39 is 11.1 Å². The molecule has 2 aliphatic rings. The number of aromatic nitrogens is 3. The van der Waals surface area contributed by atoms with Crippen molar-refractivity contribution in [2.24, 2.45) is 5.92 Å². The van der Waals surface area contributed by atoms with Gasteiger partial charge >= 0.3 is 0 Å². The largest absolute Gasteiger partial charge is 0.494 e. The number of nitrogens with zero attached hydrogens (tertiary/aromatic N) is 5. The number of benzene rings is 1. The second kappa shape index (κ2) is 13.2. The summed E-state index contributed by atoms with van der Waals surface area (Å²) in [7, 11) is 22.4. The van der Waals surface area contributed by atoms with Crippen molar-refractivity contribution in [3.8, 4) is 16.3 Å². The second-order valence-electron chi connectivity index (χ2n) is 11.6. The first-order valence-electron chi connectivity index (χ1n) is 14.6. The van der Waals surface area contributed by atoms with Crippen molar-refractivity contribution in [1.82, 2.24) is 30.3 Å². The zero-order chi connectivity index (χ0) is 32.5. The number of anilines is 3. The Bertz CT molecular complexity index is 1600. The van der Waals surface area contributed by atoms with E-state index in [-0.39, 0.29) is 34.9 Å². The van der Waals surface area contributed by atoms with Gasteiger partial charge in [-0.3, -0.25) is 14.4 Å². The highest BCUT2D eigenvalue weighted by atomic mass is 32.1. The number of thiazole rings is 1. The van der Waals surface area contributed by atoms with Gasteiger partial charge in [0.2, 0.25) is 5.91 Å². The minimum atomic E-state index is -2.01. The van der Waals surface area contributed by atoms with Crippen molar-refractivity contribution in [2.75, 3.05) is 44.9 Å². The fraction of sp³-hybridized carbons (Fsp3) is 0.448. The molecule has 2 fully saturated rings. The molecule has 16 heteroatoms. The number of hydrogen-bond acceptors (Lipinski definition) is 10. The number of carbonyl (C=O) groups is 3. The lowest BCUT2D eigenvalue weighted by molar-refractivity contribution is -0.117. The highest BCUT2D eigenvalue weighted by Crippen LogP contribution is 2.41. The first-order chi connectivity index (χ1) is 21.3. The maximum Gasteiger partial charge on any atom is 0.272 e. The molecule has 1 aromatic carbocycles. The number of aryl methyl sites for hydroxylation is 1. The van der Waals surface area contributed by atoms with Crippen LogP contribution in [-0.4, -0.2) is 112 Å². The van der Waals surface area contributed by atoms with Gasteiger partial charge in [0.05, 0.1) is 53.3 Å². The summed E-state index contributed by atoms with van der Waals surface area (Å²) < 4.78 is 5.82. The average Bonchev–Trinajstić information content (AvgIpc) is 3.77. The molecule has 6 radical (unpaired) electrons. The van der Waals surface area contributed by atoms with Gasteiger partial charge in [-0.15, -0.1) is 21.5 Å². The number of carbonyl (C=O) groups excluding carboxylic acids is 3. The van der Waals surface area contributed by atoms with Crippen LogP contribution in [-0.2, 0) is 4.79 Å². The lowest BCUT2D eigenvalue weighted by atomic mass is 9.49. The van der Waals surface area contributed by atoms with Crippen molar-refractivity contribution >= 4 is 69.8 Å². The Morgan fingerprint density at radius 1 is 1.07 bits per heavy atom. The minimum Gasteiger partial charge on any atom is -0.494 e. The van der Waals surface area contributed by atoms with Crippen LogP contribution in [0.5, 0.6) is 5.75 Å². The summed E-state index contributed by atoms with van der Waals surface area (Å²) in [6, 6.07) is 7.31. The van der Waals surface area contributed by atoms with Crippen LogP contribution in [0.4, 0.5) is 17.2 Å². The zero-order valence-electron chi connectivity index (χ0n) is 25.7. The molecule has 0 spiro atoms. The van der Waals surface area contributed by atoms with Gasteiger partial charge in [0.25, 0.3) is 11.8 Å². The molecule has 3 amide bonds. The van der Waals surface area contributed by atoms with Crippen LogP contribution < -0.4 is 20.7 Å². The SMILES string of the molecule is [B]C([B])([B])NC(=O)c1nnc(NC(=O)C2CC2)cc1Nc1cccc(-c2nc(C)c(C(=O)N3CCC(N(C)C)CC3)s2)c1OC. The van der Waals surface area contributed by atoms with Crippen molar-refractivity contribution in [2.45, 2.75) is 43.9 Å². The summed E-state index contributed by atoms with van der Waals surface area (Å²) in [6.45, 7) is 3.21. The Balaban J connectivity index is 1.44. The van der Waals surface area contributed by atoms with Gasteiger partial charge in [-0.05, 0) is 58.8 Å². The van der Waals surface area contributed by atoms with E-state index in [1.165, 1.54) is 24.5 Å². The molecule has 228 valence electrons. The van der Waals surface area contributed by atoms with Gasteiger partial charge in [-0.2, -0.15) is 0 Å². The molecular weight excluding hydrogens is 589 g/mol. The highest BCUT2D eigenvalue weighted by molar-refractivity contribution is 7.17. The van der Waals surface area contributed by atoms with E-state index in [1.54, 1.807) is 12.1 Å². The first-order valence-corrected chi connectivity index (χ1v) is 15.4. The van der Waals surface area contributed by atoms with Crippen molar-refractivity contribution < 1.29 is 19.1 Å². The van der Waals surface area contributed by atoms with E-state index in [2.05, 4.69) is 45.1 Å². The van der Waals surface area contributed by atoms with Crippen LogP contribution in [0, 0.1) is 12.8 Å². The summed E-state index contributed by atoms with van der Waals surface area (Å²) in [5.74, 6) is -0.511. The lowest BCUT2D eigenvalue weighted by Gasteiger charge is -2.35. The molecule has 3 N–H and O–H groups in total. The maximum atomic E-state index is 13.5. The third-order valence-electron chi connectivity index (χ3n) is 7.73. The van der Waals surface area contributed by atoms with Crippen LogP contribution in [0.25, 0.3) is 10.6 Å². The molecule has 1 saturated carbocycles. The minimum absolute atomic E-state index is 0.0308. The Labute approximate surface area is 270 Å². The number of piperidine rings is 1. The lowest BCUT2D eigenvalue weighted by Crippen LogP contribution is -2.50. The predicted molar refractivity (Wildman–Crippen MR) is 176 cm³/mol. The van der Waals surface area contributed by atoms with E-state index in [9.17, 15) is 14.4 Å². The molecule has 45 heavy (non-hydrogen) atoms. The average molecular weight is 622 g/mol. The molecular formula is C29H33B3N8O4S. The molecule has 2 aromatic heterocycles. The fourth-order valence-corrected chi connectivity index (χ4v) is 6.21. The van der Waals surface area contributed by atoms with Crippen LogP contribution in [0.15, 0.2) is 24.3 Å². The van der Waals surface area contributed by atoms with E-state index in [4.69, 9.17) is 33.3 Å². The second-order valence-corrected chi connectivity index (χ2v) is 12.6. The van der Waals surface area contributed by atoms with Gasteiger partial charge in [0, 0.05) is 31.1 Å². The molecule has 12 nitrogen and oxygen atoms in total. The number of methoxy groups -OCH3 is 1. The van der Waals surface area contributed by atoms with Gasteiger partial charge in [-0.1, -0.05) is 11.3 Å². The third kappa shape index (κ3) is 7.67. The zero-order valence-corrected chi connectivity index (χ0v) is 26.5. The van der Waals surface area contributed by atoms with Gasteiger partial charge < -0.3 is 30.5 Å². The number of hydrogen-bond donors (Lipinski definition) is 3.